The molecule has 0 aliphatic rings. The lowest BCUT2D eigenvalue weighted by molar-refractivity contribution is 0.322. The van der Waals surface area contributed by atoms with Gasteiger partial charge in [-0.1, -0.05) is 5.16 Å². The van der Waals surface area contributed by atoms with Crippen molar-refractivity contribution in [2.45, 2.75) is 6.92 Å². The van der Waals surface area contributed by atoms with E-state index >= 15 is 0 Å². The molecule has 0 aliphatic heterocycles. The average Bonchev–Trinajstić information content (AvgIpc) is 2.16. The summed E-state index contributed by atoms with van der Waals surface area (Å²) in [6, 6.07) is 1.53. The quantitative estimate of drug-likeness (QED) is 0.373. The van der Waals surface area contributed by atoms with Crippen LogP contribution in [0.1, 0.15) is 6.92 Å². The summed E-state index contributed by atoms with van der Waals surface area (Å²) in [5.41, 5.74) is 11.5. The second-order valence-corrected chi connectivity index (χ2v) is 3.02. The molecular formula is C8H13N7O. The average molecular weight is 223 g/mol. The molecule has 0 spiro atoms. The molecule has 0 atom stereocenters. The highest BCUT2D eigenvalue weighted by Crippen LogP contribution is 2.13. The van der Waals surface area contributed by atoms with E-state index in [4.69, 9.17) is 16.7 Å². The number of oxime groups is 1. The standard InChI is InChI=1S/C8H13N7O/c1-5(4-11-16)14-15(2)7-3-6(9)12-8(10)13-7/h3-4,16H,1-2H3,(H4,9,10,12,13)/b11-4+,14-5-. The molecule has 8 nitrogen and oxygen atoms in total. The van der Waals surface area contributed by atoms with Gasteiger partial charge in [0.2, 0.25) is 5.95 Å². The van der Waals surface area contributed by atoms with E-state index in [2.05, 4.69) is 20.2 Å². The summed E-state index contributed by atoms with van der Waals surface area (Å²) in [6.45, 7) is 1.67. The van der Waals surface area contributed by atoms with Crippen LogP contribution in [0.5, 0.6) is 0 Å². The van der Waals surface area contributed by atoms with Crippen LogP contribution in [0.3, 0.4) is 0 Å². The van der Waals surface area contributed by atoms with Gasteiger partial charge >= 0.3 is 0 Å². The van der Waals surface area contributed by atoms with Crippen molar-refractivity contribution in [2.75, 3.05) is 23.5 Å². The first kappa shape index (κ1) is 11.7. The molecule has 16 heavy (non-hydrogen) atoms. The largest absolute Gasteiger partial charge is 0.411 e. The molecule has 0 aliphatic carbocycles. The van der Waals surface area contributed by atoms with Crippen molar-refractivity contribution in [1.29, 1.82) is 0 Å². The third kappa shape index (κ3) is 3.08. The van der Waals surface area contributed by atoms with Gasteiger partial charge in [-0.15, -0.1) is 0 Å². The number of nitrogens with two attached hydrogens (primary N) is 2. The summed E-state index contributed by atoms with van der Waals surface area (Å²) >= 11 is 0. The van der Waals surface area contributed by atoms with E-state index in [1.54, 1.807) is 14.0 Å². The van der Waals surface area contributed by atoms with Crippen LogP contribution in [0, 0.1) is 0 Å². The van der Waals surface area contributed by atoms with Gasteiger partial charge in [-0.05, 0) is 6.92 Å². The molecule has 86 valence electrons. The molecule has 1 rings (SSSR count). The SMILES string of the molecule is CC(/C=N/O)=N/N(C)c1cc(N)nc(N)n1. The normalized spacial score (nSPS) is 12.0. The van der Waals surface area contributed by atoms with E-state index in [1.807, 2.05) is 0 Å². The Hall–Kier alpha value is -2.38. The van der Waals surface area contributed by atoms with Crippen LogP contribution in [-0.2, 0) is 0 Å². The number of hydrogen-bond donors (Lipinski definition) is 3. The van der Waals surface area contributed by atoms with Crippen LogP contribution in [0.25, 0.3) is 0 Å². The van der Waals surface area contributed by atoms with Gasteiger partial charge in [-0.2, -0.15) is 15.1 Å². The maximum absolute atomic E-state index is 8.31. The number of aromatic nitrogens is 2. The van der Waals surface area contributed by atoms with Gasteiger partial charge in [0.25, 0.3) is 0 Å². The van der Waals surface area contributed by atoms with Crippen molar-refractivity contribution in [1.82, 2.24) is 9.97 Å². The number of nitrogen functional groups attached to an aromatic ring is 2. The Morgan fingerprint density at radius 1 is 1.50 bits per heavy atom. The number of rotatable bonds is 3. The van der Waals surface area contributed by atoms with Crippen LogP contribution >= 0.6 is 0 Å². The Morgan fingerprint density at radius 3 is 2.75 bits per heavy atom. The van der Waals surface area contributed by atoms with E-state index in [1.165, 1.54) is 17.3 Å². The van der Waals surface area contributed by atoms with Gasteiger partial charge in [0.05, 0.1) is 11.9 Å². The highest BCUT2D eigenvalue weighted by molar-refractivity contribution is 6.29. The van der Waals surface area contributed by atoms with Crippen LogP contribution < -0.4 is 16.5 Å². The molecular weight excluding hydrogens is 210 g/mol. The number of hydrogen-bond acceptors (Lipinski definition) is 8. The first-order valence-corrected chi connectivity index (χ1v) is 4.39. The van der Waals surface area contributed by atoms with Gasteiger partial charge in [-0.25, -0.2) is 0 Å². The number of hydrazone groups is 1. The Bertz CT molecular complexity index is 408. The van der Waals surface area contributed by atoms with Gasteiger partial charge in [0, 0.05) is 13.1 Å². The van der Waals surface area contributed by atoms with E-state index < -0.39 is 0 Å². The van der Waals surface area contributed by atoms with Crippen LogP contribution in [0.15, 0.2) is 16.3 Å². The minimum Gasteiger partial charge on any atom is -0.411 e. The predicted molar refractivity (Wildman–Crippen MR) is 62.6 cm³/mol. The van der Waals surface area contributed by atoms with Crippen LogP contribution in [-0.4, -0.2) is 34.1 Å². The predicted octanol–water partition coefficient (Wildman–Crippen LogP) is -0.0869. The van der Waals surface area contributed by atoms with Crippen molar-refractivity contribution in [2.24, 2.45) is 10.3 Å². The van der Waals surface area contributed by atoms with Gasteiger partial charge < -0.3 is 16.7 Å². The van der Waals surface area contributed by atoms with E-state index in [0.29, 0.717) is 11.5 Å². The third-order valence-corrected chi connectivity index (χ3v) is 1.63. The highest BCUT2D eigenvalue weighted by Gasteiger charge is 2.04. The topological polar surface area (TPSA) is 126 Å². The summed E-state index contributed by atoms with van der Waals surface area (Å²) in [6.07, 6.45) is 1.20. The van der Waals surface area contributed by atoms with Crippen molar-refractivity contribution in [3.8, 4) is 0 Å². The van der Waals surface area contributed by atoms with Crippen molar-refractivity contribution in [3.63, 3.8) is 0 Å². The maximum Gasteiger partial charge on any atom is 0.223 e. The molecule has 0 bridgehead atoms. The van der Waals surface area contributed by atoms with Crippen LogP contribution in [0.2, 0.25) is 0 Å². The molecule has 0 radical (unpaired) electrons. The minimum atomic E-state index is 0.0746. The first-order chi connectivity index (χ1) is 7.52. The second kappa shape index (κ2) is 4.91. The molecule has 0 fully saturated rings. The lowest BCUT2D eigenvalue weighted by Crippen LogP contribution is -2.15. The lowest BCUT2D eigenvalue weighted by atomic mass is 10.5. The monoisotopic (exact) mass is 223 g/mol. The lowest BCUT2D eigenvalue weighted by Gasteiger charge is -2.12. The first-order valence-electron chi connectivity index (χ1n) is 4.39. The molecule has 0 unspecified atom stereocenters. The molecule has 0 amide bonds. The zero-order valence-electron chi connectivity index (χ0n) is 8.99. The summed E-state index contributed by atoms with van der Waals surface area (Å²) < 4.78 is 0. The number of anilines is 3. The molecule has 0 aromatic carbocycles. The van der Waals surface area contributed by atoms with Gasteiger partial charge in [0.15, 0.2) is 5.82 Å². The van der Waals surface area contributed by atoms with Crippen LogP contribution in [0.4, 0.5) is 17.6 Å². The van der Waals surface area contributed by atoms with Crippen molar-refractivity contribution >= 4 is 29.5 Å². The van der Waals surface area contributed by atoms with Crippen molar-refractivity contribution in [3.05, 3.63) is 6.07 Å². The maximum atomic E-state index is 8.31. The van der Waals surface area contributed by atoms with Gasteiger partial charge in [0.1, 0.15) is 5.82 Å². The summed E-state index contributed by atoms with van der Waals surface area (Å²) in [4.78, 5) is 7.68. The highest BCUT2D eigenvalue weighted by atomic mass is 16.4. The smallest absolute Gasteiger partial charge is 0.223 e. The summed E-state index contributed by atoms with van der Waals surface area (Å²) in [7, 11) is 1.66. The second-order valence-electron chi connectivity index (χ2n) is 3.02. The number of nitrogens with zero attached hydrogens (tertiary/aromatic N) is 5. The fourth-order valence-electron chi connectivity index (χ4n) is 1.03. The fraction of sp³-hybridized carbons (Fsp3) is 0.250. The third-order valence-electron chi connectivity index (χ3n) is 1.63. The molecule has 0 saturated heterocycles. The molecule has 8 heteroatoms. The van der Waals surface area contributed by atoms with Gasteiger partial charge in [-0.3, -0.25) is 5.01 Å². The Labute approximate surface area is 92.3 Å². The molecule has 1 aromatic rings. The van der Waals surface area contributed by atoms with Crippen molar-refractivity contribution < 1.29 is 5.21 Å². The Morgan fingerprint density at radius 2 is 2.19 bits per heavy atom. The van der Waals surface area contributed by atoms with E-state index in [-0.39, 0.29) is 11.8 Å². The Kier molecular flexibility index (Phi) is 3.59. The molecule has 0 saturated carbocycles. The Balaban J connectivity index is 2.96. The van der Waals surface area contributed by atoms with E-state index in [9.17, 15) is 0 Å². The molecule has 5 N–H and O–H groups in total. The fourth-order valence-corrected chi connectivity index (χ4v) is 1.03. The molecule has 1 heterocycles. The molecule has 1 aromatic heterocycles. The zero-order chi connectivity index (χ0) is 12.1. The minimum absolute atomic E-state index is 0.0746. The summed E-state index contributed by atoms with van der Waals surface area (Å²) in [5.74, 6) is 0.791. The van der Waals surface area contributed by atoms with E-state index in [0.717, 1.165) is 0 Å². The zero-order valence-corrected chi connectivity index (χ0v) is 8.99. The summed E-state index contributed by atoms with van der Waals surface area (Å²) in [5, 5.41) is 16.7.